The summed E-state index contributed by atoms with van der Waals surface area (Å²) < 4.78 is 11.8. The molecule has 162 valence electrons. The lowest BCUT2D eigenvalue weighted by Gasteiger charge is -2.16. The van der Waals surface area contributed by atoms with E-state index in [-0.39, 0.29) is 6.10 Å². The Morgan fingerprint density at radius 3 is 2.90 bits per heavy atom. The quantitative estimate of drug-likeness (QED) is 0.402. The fourth-order valence-electron chi connectivity index (χ4n) is 3.67. The average molecular weight is 421 g/mol. The van der Waals surface area contributed by atoms with Gasteiger partial charge in [0, 0.05) is 43.2 Å². The van der Waals surface area contributed by atoms with E-state index in [1.54, 1.807) is 7.05 Å². The van der Waals surface area contributed by atoms with Gasteiger partial charge >= 0.3 is 0 Å². The zero-order chi connectivity index (χ0) is 21.6. The number of H-pyrrole nitrogens is 1. The molecule has 0 fully saturated rings. The number of ether oxygens (including phenoxy) is 2. The molecule has 3 N–H and O–H groups in total. The van der Waals surface area contributed by atoms with Gasteiger partial charge in [-0.1, -0.05) is 18.2 Å². The van der Waals surface area contributed by atoms with E-state index in [4.69, 9.17) is 9.47 Å². The number of nitrogens with zero attached hydrogens (tertiary/aromatic N) is 3. The lowest BCUT2D eigenvalue weighted by molar-refractivity contribution is 0.254. The topological polar surface area (TPSA) is 96.5 Å². The van der Waals surface area contributed by atoms with Crippen molar-refractivity contribution in [2.24, 2.45) is 4.99 Å². The minimum Gasteiger partial charge on any atom is -0.494 e. The highest BCUT2D eigenvalue weighted by Gasteiger charge is 2.22. The molecule has 8 nitrogen and oxygen atoms in total. The van der Waals surface area contributed by atoms with E-state index >= 15 is 0 Å². The molecule has 1 aliphatic rings. The first-order valence-electron chi connectivity index (χ1n) is 10.5. The van der Waals surface area contributed by atoms with E-state index in [2.05, 4.69) is 62.0 Å². The van der Waals surface area contributed by atoms with Crippen LogP contribution in [0.2, 0.25) is 0 Å². The first kappa shape index (κ1) is 20.7. The van der Waals surface area contributed by atoms with Crippen LogP contribution in [0.4, 0.5) is 0 Å². The Labute approximate surface area is 182 Å². The molecule has 31 heavy (non-hydrogen) atoms. The summed E-state index contributed by atoms with van der Waals surface area (Å²) in [4.78, 5) is 8.55. The van der Waals surface area contributed by atoms with Crippen LogP contribution < -0.4 is 20.1 Å². The molecular weight excluding hydrogens is 392 g/mol. The van der Waals surface area contributed by atoms with Gasteiger partial charge in [-0.2, -0.15) is 5.10 Å². The maximum Gasteiger partial charge on any atom is 0.191 e. The van der Waals surface area contributed by atoms with Crippen molar-refractivity contribution in [3.8, 4) is 22.9 Å². The second-order valence-corrected chi connectivity index (χ2v) is 7.45. The number of aromatic nitrogens is 3. The lowest BCUT2D eigenvalue weighted by Crippen LogP contribution is -2.36. The summed E-state index contributed by atoms with van der Waals surface area (Å²) in [6, 6.07) is 12.3. The Morgan fingerprint density at radius 2 is 2.13 bits per heavy atom. The lowest BCUT2D eigenvalue weighted by atomic mass is 10.1. The van der Waals surface area contributed by atoms with Crippen LogP contribution in [0.3, 0.4) is 0 Å². The molecule has 1 aliphatic heterocycles. The Hall–Kier alpha value is -3.55. The standard InChI is InChI=1S/C23H28N6O2/c1-4-30-20-10-18-8-15(2)31-21(18)11-19(20)13-26-23(24-3)25-12-16-6-5-7-17(9-16)22-27-14-28-29-22/h5-7,9-11,14-15H,4,8,12-13H2,1-3H3,(H2,24,25,26)(H,27,28,29). The van der Waals surface area contributed by atoms with Gasteiger partial charge in [0.15, 0.2) is 11.8 Å². The van der Waals surface area contributed by atoms with E-state index in [1.807, 2.05) is 19.1 Å². The van der Waals surface area contributed by atoms with Crippen LogP contribution in [0.25, 0.3) is 11.4 Å². The number of hydrogen-bond donors (Lipinski definition) is 3. The van der Waals surface area contributed by atoms with Gasteiger partial charge in [0.05, 0.1) is 6.61 Å². The van der Waals surface area contributed by atoms with Gasteiger partial charge in [0.25, 0.3) is 0 Å². The minimum atomic E-state index is 0.204. The van der Waals surface area contributed by atoms with Gasteiger partial charge in [0.1, 0.15) is 23.9 Å². The highest BCUT2D eigenvalue weighted by atomic mass is 16.5. The molecule has 0 saturated heterocycles. The van der Waals surface area contributed by atoms with Gasteiger partial charge in [-0.05, 0) is 37.6 Å². The van der Waals surface area contributed by atoms with Crippen LogP contribution in [0, 0.1) is 0 Å². The summed E-state index contributed by atoms with van der Waals surface area (Å²) in [6.07, 6.45) is 2.63. The summed E-state index contributed by atoms with van der Waals surface area (Å²) in [6.45, 7) is 5.91. The van der Waals surface area contributed by atoms with E-state index in [1.165, 1.54) is 11.9 Å². The third kappa shape index (κ3) is 4.96. The largest absolute Gasteiger partial charge is 0.494 e. The van der Waals surface area contributed by atoms with Gasteiger partial charge < -0.3 is 20.1 Å². The van der Waals surface area contributed by atoms with Gasteiger partial charge in [0.2, 0.25) is 0 Å². The maximum absolute atomic E-state index is 5.92. The van der Waals surface area contributed by atoms with Crippen LogP contribution in [0.5, 0.6) is 11.5 Å². The summed E-state index contributed by atoms with van der Waals surface area (Å²) in [5, 5.41) is 13.5. The van der Waals surface area contributed by atoms with Gasteiger partial charge in [-0.15, -0.1) is 0 Å². The first-order chi connectivity index (χ1) is 15.2. The predicted molar refractivity (Wildman–Crippen MR) is 120 cm³/mol. The number of hydrogen-bond acceptors (Lipinski definition) is 5. The Balaban J connectivity index is 1.39. The average Bonchev–Trinajstić information content (AvgIpc) is 3.43. The number of fused-ring (bicyclic) bond motifs is 1. The molecule has 0 amide bonds. The van der Waals surface area contributed by atoms with E-state index < -0.39 is 0 Å². The summed E-state index contributed by atoms with van der Waals surface area (Å²) in [5.41, 5.74) is 4.36. The minimum absolute atomic E-state index is 0.204. The molecule has 0 bridgehead atoms. The van der Waals surface area contributed by atoms with Crippen LogP contribution in [0.15, 0.2) is 47.7 Å². The number of guanidine groups is 1. The second-order valence-electron chi connectivity index (χ2n) is 7.45. The summed E-state index contributed by atoms with van der Waals surface area (Å²) in [5.74, 6) is 3.30. The number of rotatable bonds is 7. The third-order valence-electron chi connectivity index (χ3n) is 5.12. The van der Waals surface area contributed by atoms with E-state index in [0.717, 1.165) is 40.4 Å². The van der Waals surface area contributed by atoms with E-state index in [0.29, 0.717) is 25.7 Å². The smallest absolute Gasteiger partial charge is 0.191 e. The Morgan fingerprint density at radius 1 is 1.26 bits per heavy atom. The molecule has 1 aromatic heterocycles. The van der Waals surface area contributed by atoms with Crippen LogP contribution >= 0.6 is 0 Å². The number of nitrogens with one attached hydrogen (secondary N) is 3. The monoisotopic (exact) mass is 420 g/mol. The predicted octanol–water partition coefficient (Wildman–Crippen LogP) is 3.06. The number of aliphatic imine (C=N–C) groups is 1. The van der Waals surface area contributed by atoms with Crippen molar-refractivity contribution in [1.82, 2.24) is 25.8 Å². The molecular formula is C23H28N6O2. The third-order valence-corrected chi connectivity index (χ3v) is 5.12. The molecule has 4 rings (SSSR count). The number of aromatic amines is 1. The molecule has 3 aromatic rings. The van der Waals surface area contributed by atoms with Crippen molar-refractivity contribution in [2.75, 3.05) is 13.7 Å². The first-order valence-corrected chi connectivity index (χ1v) is 10.5. The molecule has 2 aromatic carbocycles. The highest BCUT2D eigenvalue weighted by molar-refractivity contribution is 5.79. The van der Waals surface area contributed by atoms with Crippen molar-refractivity contribution in [3.05, 3.63) is 59.4 Å². The fraction of sp³-hybridized carbons (Fsp3) is 0.348. The Kier molecular flexibility index (Phi) is 6.35. The molecule has 8 heteroatoms. The molecule has 0 spiro atoms. The van der Waals surface area contributed by atoms with Crippen molar-refractivity contribution in [2.45, 2.75) is 39.5 Å². The fourth-order valence-corrected chi connectivity index (χ4v) is 3.67. The summed E-state index contributed by atoms with van der Waals surface area (Å²) in [7, 11) is 1.76. The Bertz CT molecular complexity index is 1050. The van der Waals surface area contributed by atoms with Crippen molar-refractivity contribution >= 4 is 5.96 Å². The second kappa shape index (κ2) is 9.51. The van der Waals surface area contributed by atoms with Crippen molar-refractivity contribution in [3.63, 3.8) is 0 Å². The normalized spacial score (nSPS) is 15.3. The maximum atomic E-state index is 5.92. The van der Waals surface area contributed by atoms with Crippen LogP contribution in [0.1, 0.15) is 30.5 Å². The number of benzene rings is 2. The SMILES string of the molecule is CCOc1cc2c(cc1CNC(=NC)NCc1cccc(-c3ncn[nH]3)c1)OC(C)C2. The summed E-state index contributed by atoms with van der Waals surface area (Å²) >= 11 is 0. The molecule has 0 saturated carbocycles. The zero-order valence-corrected chi connectivity index (χ0v) is 18.1. The molecule has 1 atom stereocenters. The molecule has 0 radical (unpaired) electrons. The molecule has 0 aliphatic carbocycles. The van der Waals surface area contributed by atoms with Crippen molar-refractivity contribution in [1.29, 1.82) is 0 Å². The molecule has 1 unspecified atom stereocenters. The van der Waals surface area contributed by atoms with Gasteiger partial charge in [-0.3, -0.25) is 10.1 Å². The zero-order valence-electron chi connectivity index (χ0n) is 18.1. The molecule has 2 heterocycles. The van der Waals surface area contributed by atoms with Gasteiger partial charge in [-0.25, -0.2) is 4.98 Å². The van der Waals surface area contributed by atoms with Crippen molar-refractivity contribution < 1.29 is 9.47 Å². The van der Waals surface area contributed by atoms with Crippen LogP contribution in [-0.2, 0) is 19.5 Å². The van der Waals surface area contributed by atoms with Crippen LogP contribution in [-0.4, -0.2) is 40.9 Å². The van der Waals surface area contributed by atoms with E-state index in [9.17, 15) is 0 Å². The highest BCUT2D eigenvalue weighted by Crippen LogP contribution is 2.35.